The summed E-state index contributed by atoms with van der Waals surface area (Å²) in [7, 11) is -3.33. The lowest BCUT2D eigenvalue weighted by atomic mass is 10.0. The fourth-order valence-corrected chi connectivity index (χ4v) is 3.30. The largest absolute Gasteiger partial charge is 0.279 e. The maximum Gasteiger partial charge on any atom is 0.279 e. The smallest absolute Gasteiger partial charge is 0.199 e. The number of nitrogens with one attached hydrogen (secondary N) is 1. The summed E-state index contributed by atoms with van der Waals surface area (Å²) in [5, 5.41) is 8.78. The molecule has 1 aliphatic carbocycles. The van der Waals surface area contributed by atoms with Gasteiger partial charge in [-0.05, 0) is 25.7 Å². The average Bonchev–Trinajstić information content (AvgIpc) is 3.01. The fraction of sp³-hybridized carbons (Fsp3) is 0.889. The molecule has 1 saturated carbocycles. The van der Waals surface area contributed by atoms with E-state index in [0.717, 1.165) is 25.7 Å². The first kappa shape index (κ1) is 10.9. The fourth-order valence-electron chi connectivity index (χ4n) is 1.75. The van der Waals surface area contributed by atoms with Crippen LogP contribution in [0.5, 0.6) is 0 Å². The SMILES string of the molecule is N#CC1CCCN(S(=O)(=O)NC2CC2)C1. The average molecular weight is 229 g/mol. The van der Waals surface area contributed by atoms with E-state index in [4.69, 9.17) is 5.26 Å². The van der Waals surface area contributed by atoms with Gasteiger partial charge in [0.05, 0.1) is 12.0 Å². The van der Waals surface area contributed by atoms with Crippen molar-refractivity contribution in [2.75, 3.05) is 13.1 Å². The van der Waals surface area contributed by atoms with Gasteiger partial charge in [-0.2, -0.15) is 22.7 Å². The van der Waals surface area contributed by atoms with Crippen LogP contribution >= 0.6 is 0 Å². The van der Waals surface area contributed by atoms with Crippen LogP contribution < -0.4 is 4.72 Å². The Hall–Kier alpha value is -0.640. The predicted molar refractivity (Wildman–Crippen MR) is 55.0 cm³/mol. The maximum atomic E-state index is 11.8. The number of rotatable bonds is 3. The summed E-state index contributed by atoms with van der Waals surface area (Å²) >= 11 is 0. The molecule has 15 heavy (non-hydrogen) atoms. The van der Waals surface area contributed by atoms with Crippen molar-refractivity contribution < 1.29 is 8.42 Å². The topological polar surface area (TPSA) is 73.2 Å². The normalized spacial score (nSPS) is 28.6. The van der Waals surface area contributed by atoms with Gasteiger partial charge in [0.25, 0.3) is 10.2 Å². The van der Waals surface area contributed by atoms with Crippen LogP contribution in [0.15, 0.2) is 0 Å². The summed E-state index contributed by atoms with van der Waals surface area (Å²) in [6.45, 7) is 0.888. The van der Waals surface area contributed by atoms with E-state index >= 15 is 0 Å². The Labute approximate surface area is 90.2 Å². The first-order chi connectivity index (χ1) is 7.12. The van der Waals surface area contributed by atoms with Gasteiger partial charge >= 0.3 is 0 Å². The standard InChI is InChI=1S/C9H15N3O2S/c10-6-8-2-1-5-12(7-8)15(13,14)11-9-3-4-9/h8-9,11H,1-5,7H2. The molecule has 2 rings (SSSR count). The summed E-state index contributed by atoms with van der Waals surface area (Å²) in [6, 6.07) is 2.28. The third-order valence-corrected chi connectivity index (χ3v) is 4.44. The number of hydrogen-bond donors (Lipinski definition) is 1. The first-order valence-electron chi connectivity index (χ1n) is 5.29. The second-order valence-corrected chi connectivity index (χ2v) is 5.93. The van der Waals surface area contributed by atoms with Crippen LogP contribution in [0.3, 0.4) is 0 Å². The molecule has 1 atom stereocenters. The van der Waals surface area contributed by atoms with Gasteiger partial charge in [0.15, 0.2) is 0 Å². The highest BCUT2D eigenvalue weighted by Gasteiger charge is 2.33. The molecule has 0 aromatic heterocycles. The minimum Gasteiger partial charge on any atom is -0.199 e. The van der Waals surface area contributed by atoms with E-state index in [1.54, 1.807) is 0 Å². The molecule has 0 spiro atoms. The summed E-state index contributed by atoms with van der Waals surface area (Å²) < 4.78 is 27.6. The Morgan fingerprint density at radius 2 is 2.07 bits per heavy atom. The molecule has 1 aliphatic heterocycles. The minimum atomic E-state index is -3.33. The van der Waals surface area contributed by atoms with Crippen molar-refractivity contribution >= 4 is 10.2 Å². The van der Waals surface area contributed by atoms with Gasteiger partial charge in [-0.3, -0.25) is 0 Å². The van der Waals surface area contributed by atoms with Crippen LogP contribution in [0, 0.1) is 17.2 Å². The van der Waals surface area contributed by atoms with Gasteiger partial charge in [0.2, 0.25) is 0 Å². The lowest BCUT2D eigenvalue weighted by molar-refractivity contribution is 0.301. The molecule has 2 aliphatic rings. The molecular formula is C9H15N3O2S. The van der Waals surface area contributed by atoms with Crippen molar-refractivity contribution in [3.63, 3.8) is 0 Å². The summed E-state index contributed by atoms with van der Waals surface area (Å²) in [5.74, 6) is -0.144. The van der Waals surface area contributed by atoms with Crippen LogP contribution in [-0.2, 0) is 10.2 Å². The number of piperidine rings is 1. The van der Waals surface area contributed by atoms with Crippen molar-refractivity contribution in [3.05, 3.63) is 0 Å². The van der Waals surface area contributed by atoms with Crippen molar-refractivity contribution in [2.24, 2.45) is 5.92 Å². The van der Waals surface area contributed by atoms with Crippen molar-refractivity contribution in [2.45, 2.75) is 31.7 Å². The Morgan fingerprint density at radius 1 is 1.33 bits per heavy atom. The van der Waals surface area contributed by atoms with Crippen LogP contribution in [0.25, 0.3) is 0 Å². The molecule has 0 radical (unpaired) electrons. The van der Waals surface area contributed by atoms with E-state index in [0.29, 0.717) is 13.1 Å². The Balaban J connectivity index is 1.99. The zero-order valence-electron chi connectivity index (χ0n) is 8.52. The quantitative estimate of drug-likeness (QED) is 0.752. The van der Waals surface area contributed by atoms with E-state index in [1.807, 2.05) is 0 Å². The first-order valence-corrected chi connectivity index (χ1v) is 6.73. The van der Waals surface area contributed by atoms with Crippen molar-refractivity contribution in [1.82, 2.24) is 9.03 Å². The summed E-state index contributed by atoms with van der Waals surface area (Å²) in [4.78, 5) is 0. The van der Waals surface area contributed by atoms with Gasteiger partial charge in [0, 0.05) is 19.1 Å². The van der Waals surface area contributed by atoms with Crippen LogP contribution in [0.1, 0.15) is 25.7 Å². The highest BCUT2D eigenvalue weighted by molar-refractivity contribution is 7.87. The lowest BCUT2D eigenvalue weighted by Gasteiger charge is -2.28. The highest BCUT2D eigenvalue weighted by atomic mass is 32.2. The van der Waals surface area contributed by atoms with Crippen LogP contribution in [0.2, 0.25) is 0 Å². The van der Waals surface area contributed by atoms with Gasteiger partial charge in [-0.25, -0.2) is 0 Å². The molecule has 1 unspecified atom stereocenters. The predicted octanol–water partition coefficient (Wildman–Crippen LogP) is 0.219. The maximum absolute atomic E-state index is 11.8. The molecule has 0 bridgehead atoms. The lowest BCUT2D eigenvalue weighted by Crippen LogP contribution is -2.46. The Kier molecular flexibility index (Phi) is 2.96. The molecule has 1 heterocycles. The third-order valence-electron chi connectivity index (χ3n) is 2.80. The van der Waals surface area contributed by atoms with E-state index < -0.39 is 10.2 Å². The number of hydrogen-bond acceptors (Lipinski definition) is 3. The molecule has 1 N–H and O–H groups in total. The zero-order chi connectivity index (χ0) is 10.9. The number of nitriles is 1. The van der Waals surface area contributed by atoms with Gasteiger partial charge in [0.1, 0.15) is 0 Å². The van der Waals surface area contributed by atoms with E-state index in [2.05, 4.69) is 10.8 Å². The zero-order valence-corrected chi connectivity index (χ0v) is 9.33. The summed E-state index contributed by atoms with van der Waals surface area (Å²) in [5.41, 5.74) is 0. The second-order valence-electron chi connectivity index (χ2n) is 4.22. The van der Waals surface area contributed by atoms with Crippen molar-refractivity contribution in [1.29, 1.82) is 5.26 Å². The number of nitrogens with zero attached hydrogens (tertiary/aromatic N) is 2. The summed E-state index contributed by atoms with van der Waals surface area (Å²) in [6.07, 6.45) is 3.47. The molecule has 5 nitrogen and oxygen atoms in total. The molecule has 1 saturated heterocycles. The van der Waals surface area contributed by atoms with Crippen molar-refractivity contribution in [3.8, 4) is 6.07 Å². The van der Waals surface area contributed by atoms with Crippen LogP contribution in [-0.4, -0.2) is 31.9 Å². The van der Waals surface area contributed by atoms with E-state index in [9.17, 15) is 8.42 Å². The molecule has 0 amide bonds. The molecule has 2 fully saturated rings. The second kappa shape index (κ2) is 4.08. The van der Waals surface area contributed by atoms with Gasteiger partial charge in [-0.1, -0.05) is 0 Å². The molecule has 6 heteroatoms. The minimum absolute atomic E-state index is 0.137. The Morgan fingerprint density at radius 3 is 2.67 bits per heavy atom. The molecular weight excluding hydrogens is 214 g/mol. The monoisotopic (exact) mass is 229 g/mol. The highest BCUT2D eigenvalue weighted by Crippen LogP contribution is 2.23. The van der Waals surface area contributed by atoms with Gasteiger partial charge in [-0.15, -0.1) is 0 Å². The van der Waals surface area contributed by atoms with E-state index in [-0.39, 0.29) is 12.0 Å². The molecule has 0 aromatic rings. The van der Waals surface area contributed by atoms with Crippen LogP contribution in [0.4, 0.5) is 0 Å². The molecule has 84 valence electrons. The Bertz CT molecular complexity index is 369. The van der Waals surface area contributed by atoms with Gasteiger partial charge < -0.3 is 0 Å². The molecule has 0 aromatic carbocycles. The van der Waals surface area contributed by atoms with E-state index in [1.165, 1.54) is 4.31 Å². The third kappa shape index (κ3) is 2.68.